The van der Waals surface area contributed by atoms with Gasteiger partial charge in [0.2, 0.25) is 5.95 Å². The molecule has 1 heterocycles. The van der Waals surface area contributed by atoms with Crippen LogP contribution in [0.5, 0.6) is 0 Å². The zero-order valence-corrected chi connectivity index (χ0v) is 9.77. The molecule has 1 unspecified atom stereocenters. The van der Waals surface area contributed by atoms with Crippen LogP contribution in [0.3, 0.4) is 0 Å². The van der Waals surface area contributed by atoms with E-state index in [0.717, 1.165) is 23.4 Å². The fourth-order valence-electron chi connectivity index (χ4n) is 1.80. The molecule has 0 bridgehead atoms. The van der Waals surface area contributed by atoms with Gasteiger partial charge in [0.05, 0.1) is 11.0 Å². The first-order valence-corrected chi connectivity index (χ1v) is 5.51. The van der Waals surface area contributed by atoms with E-state index < -0.39 is 0 Å². The van der Waals surface area contributed by atoms with Gasteiger partial charge in [0.15, 0.2) is 0 Å². The Morgan fingerprint density at radius 3 is 2.94 bits per heavy atom. The van der Waals surface area contributed by atoms with Crippen LogP contribution >= 0.6 is 0 Å². The molecule has 1 aromatic heterocycles. The minimum absolute atomic E-state index is 0.355. The number of hydrogen-bond acceptors (Lipinski definition) is 2. The van der Waals surface area contributed by atoms with Crippen molar-refractivity contribution < 1.29 is 0 Å². The molecule has 16 heavy (non-hydrogen) atoms. The van der Waals surface area contributed by atoms with Gasteiger partial charge in [0.25, 0.3) is 0 Å². The standard InChI is InChI=1S/C13H17N3/c1-4-7-10(2)14-13-15-11-8-5-6-9-12(11)16(13)3/h4-6,8-10H,1,7H2,2-3H3,(H,14,15). The number of para-hydroxylation sites is 2. The normalized spacial score (nSPS) is 12.6. The predicted molar refractivity (Wildman–Crippen MR) is 68.6 cm³/mol. The van der Waals surface area contributed by atoms with Gasteiger partial charge in [-0.3, -0.25) is 0 Å². The van der Waals surface area contributed by atoms with E-state index in [2.05, 4.69) is 34.4 Å². The van der Waals surface area contributed by atoms with Gasteiger partial charge in [-0.1, -0.05) is 18.2 Å². The van der Waals surface area contributed by atoms with Gasteiger partial charge in [-0.2, -0.15) is 0 Å². The number of hydrogen-bond donors (Lipinski definition) is 1. The highest BCUT2D eigenvalue weighted by Crippen LogP contribution is 2.18. The third kappa shape index (κ3) is 1.94. The number of fused-ring (bicyclic) bond motifs is 1. The predicted octanol–water partition coefficient (Wildman–Crippen LogP) is 2.95. The maximum absolute atomic E-state index is 4.55. The summed E-state index contributed by atoms with van der Waals surface area (Å²) in [5.41, 5.74) is 2.18. The van der Waals surface area contributed by atoms with Crippen LogP contribution in [0.2, 0.25) is 0 Å². The summed E-state index contributed by atoms with van der Waals surface area (Å²) in [7, 11) is 2.03. The topological polar surface area (TPSA) is 29.9 Å². The molecule has 0 aliphatic rings. The molecule has 0 aliphatic heterocycles. The van der Waals surface area contributed by atoms with Crippen molar-refractivity contribution in [2.24, 2.45) is 7.05 Å². The summed E-state index contributed by atoms with van der Waals surface area (Å²) in [5.74, 6) is 0.913. The average Bonchev–Trinajstić information content (AvgIpc) is 2.57. The van der Waals surface area contributed by atoms with Crippen LogP contribution in [0.15, 0.2) is 36.9 Å². The van der Waals surface area contributed by atoms with Gasteiger partial charge < -0.3 is 9.88 Å². The van der Waals surface area contributed by atoms with Crippen molar-refractivity contribution >= 4 is 17.0 Å². The lowest BCUT2D eigenvalue weighted by molar-refractivity contribution is 0.783. The second-order valence-electron chi connectivity index (χ2n) is 4.05. The largest absolute Gasteiger partial charge is 0.353 e. The van der Waals surface area contributed by atoms with E-state index >= 15 is 0 Å². The Morgan fingerprint density at radius 2 is 2.25 bits per heavy atom. The van der Waals surface area contributed by atoms with E-state index in [1.165, 1.54) is 0 Å². The summed E-state index contributed by atoms with van der Waals surface area (Å²) in [4.78, 5) is 4.55. The lowest BCUT2D eigenvalue weighted by Gasteiger charge is -2.12. The molecular weight excluding hydrogens is 198 g/mol. The molecule has 2 aromatic rings. The molecule has 1 atom stereocenters. The number of aryl methyl sites for hydroxylation is 1. The molecule has 0 radical (unpaired) electrons. The summed E-state index contributed by atoms with van der Waals surface area (Å²) in [6.07, 6.45) is 2.85. The molecule has 0 spiro atoms. The van der Waals surface area contributed by atoms with Gasteiger partial charge in [-0.05, 0) is 25.5 Å². The molecule has 1 aromatic carbocycles. The summed E-state index contributed by atoms with van der Waals surface area (Å²) in [6, 6.07) is 8.49. The second-order valence-corrected chi connectivity index (χ2v) is 4.05. The van der Waals surface area contributed by atoms with Gasteiger partial charge in [-0.15, -0.1) is 6.58 Å². The number of nitrogens with zero attached hydrogens (tertiary/aromatic N) is 2. The number of aromatic nitrogens is 2. The lowest BCUT2D eigenvalue weighted by Crippen LogP contribution is -2.16. The van der Waals surface area contributed by atoms with Crippen molar-refractivity contribution in [1.29, 1.82) is 0 Å². The van der Waals surface area contributed by atoms with Crippen molar-refractivity contribution in [2.75, 3.05) is 5.32 Å². The monoisotopic (exact) mass is 215 g/mol. The fraction of sp³-hybridized carbons (Fsp3) is 0.308. The van der Waals surface area contributed by atoms with Crippen LogP contribution < -0.4 is 5.32 Å². The first-order chi connectivity index (χ1) is 7.72. The van der Waals surface area contributed by atoms with E-state index in [1.807, 2.05) is 31.3 Å². The maximum Gasteiger partial charge on any atom is 0.203 e. The first kappa shape index (κ1) is 10.7. The van der Waals surface area contributed by atoms with E-state index in [1.54, 1.807) is 0 Å². The van der Waals surface area contributed by atoms with Crippen molar-refractivity contribution in [3.05, 3.63) is 36.9 Å². The Hall–Kier alpha value is -1.77. The Morgan fingerprint density at radius 1 is 1.50 bits per heavy atom. The lowest BCUT2D eigenvalue weighted by atomic mass is 10.2. The van der Waals surface area contributed by atoms with Crippen LogP contribution in [0.4, 0.5) is 5.95 Å². The number of rotatable bonds is 4. The second kappa shape index (κ2) is 4.39. The van der Waals surface area contributed by atoms with Crippen LogP contribution in [-0.2, 0) is 7.05 Å². The Balaban J connectivity index is 2.31. The maximum atomic E-state index is 4.55. The fourth-order valence-corrected chi connectivity index (χ4v) is 1.80. The highest BCUT2D eigenvalue weighted by molar-refractivity contribution is 5.78. The number of imidazole rings is 1. The highest BCUT2D eigenvalue weighted by atomic mass is 15.2. The van der Waals surface area contributed by atoms with Crippen molar-refractivity contribution in [1.82, 2.24) is 9.55 Å². The third-order valence-corrected chi connectivity index (χ3v) is 2.68. The number of nitrogens with one attached hydrogen (secondary N) is 1. The molecule has 3 nitrogen and oxygen atoms in total. The van der Waals surface area contributed by atoms with Gasteiger partial charge in [0.1, 0.15) is 0 Å². The molecule has 0 amide bonds. The summed E-state index contributed by atoms with van der Waals surface area (Å²) < 4.78 is 2.08. The quantitative estimate of drug-likeness (QED) is 0.795. The van der Waals surface area contributed by atoms with E-state index in [0.29, 0.717) is 6.04 Å². The Kier molecular flexibility index (Phi) is 2.95. The van der Waals surface area contributed by atoms with Gasteiger partial charge in [-0.25, -0.2) is 4.98 Å². The van der Waals surface area contributed by atoms with Crippen LogP contribution in [-0.4, -0.2) is 15.6 Å². The molecule has 0 aliphatic carbocycles. The zero-order valence-electron chi connectivity index (χ0n) is 9.77. The number of anilines is 1. The Bertz CT molecular complexity index is 499. The van der Waals surface area contributed by atoms with Gasteiger partial charge >= 0.3 is 0 Å². The molecule has 0 saturated carbocycles. The smallest absolute Gasteiger partial charge is 0.203 e. The minimum Gasteiger partial charge on any atom is -0.353 e. The van der Waals surface area contributed by atoms with Crippen molar-refractivity contribution in [3.8, 4) is 0 Å². The minimum atomic E-state index is 0.355. The average molecular weight is 215 g/mol. The highest BCUT2D eigenvalue weighted by Gasteiger charge is 2.08. The number of benzene rings is 1. The van der Waals surface area contributed by atoms with Crippen LogP contribution in [0, 0.1) is 0 Å². The Labute approximate surface area is 95.8 Å². The third-order valence-electron chi connectivity index (χ3n) is 2.68. The molecule has 0 saturated heterocycles. The summed E-state index contributed by atoms with van der Waals surface area (Å²) >= 11 is 0. The van der Waals surface area contributed by atoms with Crippen molar-refractivity contribution in [2.45, 2.75) is 19.4 Å². The molecule has 1 N–H and O–H groups in total. The van der Waals surface area contributed by atoms with E-state index in [-0.39, 0.29) is 0 Å². The summed E-state index contributed by atoms with van der Waals surface area (Å²) in [6.45, 7) is 5.87. The van der Waals surface area contributed by atoms with Gasteiger partial charge in [0, 0.05) is 13.1 Å². The molecular formula is C13H17N3. The van der Waals surface area contributed by atoms with E-state index in [4.69, 9.17) is 0 Å². The summed E-state index contributed by atoms with van der Waals surface area (Å²) in [5, 5.41) is 3.38. The SMILES string of the molecule is C=CCC(C)Nc1nc2ccccc2n1C. The zero-order chi connectivity index (χ0) is 11.5. The molecule has 2 rings (SSSR count). The molecule has 0 fully saturated rings. The van der Waals surface area contributed by atoms with Crippen molar-refractivity contribution in [3.63, 3.8) is 0 Å². The first-order valence-electron chi connectivity index (χ1n) is 5.51. The van der Waals surface area contributed by atoms with Crippen LogP contribution in [0.25, 0.3) is 11.0 Å². The van der Waals surface area contributed by atoms with Crippen LogP contribution in [0.1, 0.15) is 13.3 Å². The molecule has 3 heteroatoms. The van der Waals surface area contributed by atoms with E-state index in [9.17, 15) is 0 Å². The molecule has 84 valence electrons.